The number of amides is 1. The van der Waals surface area contributed by atoms with Gasteiger partial charge in [-0.15, -0.1) is 5.43 Å². The smallest absolute Gasteiger partial charge is 0.414 e. The molecule has 0 spiro atoms. The maximum atomic E-state index is 15.1. The zero-order chi connectivity index (χ0) is 30.3. The summed E-state index contributed by atoms with van der Waals surface area (Å²) in [6.07, 6.45) is -0.858. The largest absolute Gasteiger partial charge is 0.443 e. The maximum absolute atomic E-state index is 15.1. The lowest BCUT2D eigenvalue weighted by molar-refractivity contribution is -0.542. The van der Waals surface area contributed by atoms with Crippen molar-refractivity contribution in [2.24, 2.45) is 16.1 Å². The van der Waals surface area contributed by atoms with Gasteiger partial charge in [0.05, 0.1) is 31.4 Å². The van der Waals surface area contributed by atoms with Crippen molar-refractivity contribution in [3.05, 3.63) is 59.7 Å². The van der Waals surface area contributed by atoms with Gasteiger partial charge in [-0.1, -0.05) is 30.3 Å². The first-order valence-corrected chi connectivity index (χ1v) is 14.7. The Morgan fingerprint density at radius 1 is 1.14 bits per heavy atom. The number of nitrogens with two attached hydrogens (primary N) is 1. The monoisotopic (exact) mass is 600 g/mol. The molecule has 3 saturated heterocycles. The number of carbonyl (C=O) groups is 1. The van der Waals surface area contributed by atoms with E-state index in [-0.39, 0.29) is 30.5 Å². The van der Waals surface area contributed by atoms with Crippen molar-refractivity contribution in [1.82, 2.24) is 15.6 Å². The number of halogens is 2. The summed E-state index contributed by atoms with van der Waals surface area (Å²) in [4.78, 5) is 17.5. The van der Waals surface area contributed by atoms with Crippen LogP contribution in [0.25, 0.3) is 0 Å². The van der Waals surface area contributed by atoms with Crippen LogP contribution in [0.1, 0.15) is 25.3 Å². The standard InChI is InChI=1S/C29H39F2N9O3/c1-20(41)33-17-24-19-40(29(42)43-24)23-15-25(30)27(26(31)16-23)38-9-7-22(8-10-38)34-36-35-28(32)39-13-11-37(12-14-39)18-21-5-3-2-4-6-21/h2-6,15-16,20,22,24,33,41H,7-14,17-19H2,1H3,(H2,32,34,35)/p+1/t20?,24-/m0/s1. The summed E-state index contributed by atoms with van der Waals surface area (Å²) >= 11 is 0. The average Bonchev–Trinajstić information content (AvgIpc) is 3.37. The highest BCUT2D eigenvalue weighted by molar-refractivity contribution is 5.90. The van der Waals surface area contributed by atoms with E-state index in [1.165, 1.54) is 10.5 Å². The fourth-order valence-electron chi connectivity index (χ4n) is 5.58. The quantitative estimate of drug-likeness (QED) is 0.113. The van der Waals surface area contributed by atoms with Gasteiger partial charge in [0.2, 0.25) is 0 Å². The molecule has 1 unspecified atom stereocenters. The second-order valence-electron chi connectivity index (χ2n) is 11.1. The third-order valence-electron chi connectivity index (χ3n) is 7.96. The first-order valence-electron chi connectivity index (χ1n) is 14.7. The van der Waals surface area contributed by atoms with Gasteiger partial charge in [-0.05, 0) is 30.6 Å². The van der Waals surface area contributed by atoms with Gasteiger partial charge in [0.1, 0.15) is 18.0 Å². The number of benzene rings is 2. The zero-order valence-corrected chi connectivity index (χ0v) is 24.3. The van der Waals surface area contributed by atoms with Crippen LogP contribution in [0, 0.1) is 11.6 Å². The van der Waals surface area contributed by atoms with Crippen molar-refractivity contribution in [2.75, 3.05) is 62.2 Å². The number of guanidine groups is 1. The van der Waals surface area contributed by atoms with Gasteiger partial charge in [0.25, 0.3) is 0 Å². The second kappa shape index (κ2) is 14.1. The van der Waals surface area contributed by atoms with Gasteiger partial charge < -0.3 is 14.7 Å². The number of aliphatic hydroxyl groups excluding tert-OH is 1. The van der Waals surface area contributed by atoms with Crippen molar-refractivity contribution in [3.8, 4) is 0 Å². The lowest BCUT2D eigenvalue weighted by Gasteiger charge is -2.32. The van der Waals surface area contributed by atoms with Crippen LogP contribution in [-0.4, -0.2) is 97.4 Å². The number of piperazine rings is 1. The number of nitrogens with one attached hydrogen (secondary N) is 2. The summed E-state index contributed by atoms with van der Waals surface area (Å²) in [5, 5.41) is 20.6. The second-order valence-corrected chi connectivity index (χ2v) is 11.1. The van der Waals surface area contributed by atoms with Crippen LogP contribution in [0.4, 0.5) is 25.0 Å². The molecular formula is C29H40F2N9O3+. The molecule has 0 aliphatic carbocycles. The molecule has 0 radical (unpaired) electrons. The molecule has 12 nitrogen and oxygen atoms in total. The summed E-state index contributed by atoms with van der Waals surface area (Å²) in [7, 11) is 0. The van der Waals surface area contributed by atoms with Gasteiger partial charge in [-0.3, -0.25) is 25.4 Å². The number of ether oxygens (including phenoxy) is 1. The number of piperidine rings is 1. The number of rotatable bonds is 9. The van der Waals surface area contributed by atoms with Crippen LogP contribution < -0.4 is 26.3 Å². The van der Waals surface area contributed by atoms with Crippen molar-refractivity contribution in [3.63, 3.8) is 0 Å². The fourth-order valence-corrected chi connectivity index (χ4v) is 5.58. The van der Waals surface area contributed by atoms with Gasteiger partial charge in [0.15, 0.2) is 11.6 Å². The Hall–Kier alpha value is -3.88. The first-order chi connectivity index (χ1) is 20.8. The van der Waals surface area contributed by atoms with Crippen LogP contribution in [0.5, 0.6) is 0 Å². The van der Waals surface area contributed by atoms with Crippen LogP contribution in [0.3, 0.4) is 0 Å². The lowest BCUT2D eigenvalue weighted by Crippen LogP contribution is -2.48. The maximum Gasteiger partial charge on any atom is 0.414 e. The third-order valence-corrected chi connectivity index (χ3v) is 7.96. The highest BCUT2D eigenvalue weighted by atomic mass is 19.1. The topological polar surface area (TPSA) is 134 Å². The minimum atomic E-state index is -0.766. The molecule has 2 aromatic carbocycles. The molecule has 0 aromatic heterocycles. The molecule has 5 rings (SSSR count). The van der Waals surface area contributed by atoms with E-state index in [0.29, 0.717) is 31.9 Å². The van der Waals surface area contributed by atoms with Crippen molar-refractivity contribution in [1.29, 1.82) is 0 Å². The minimum Gasteiger partial charge on any atom is -0.443 e. The first kappa shape index (κ1) is 30.6. The molecule has 14 heteroatoms. The molecular weight excluding hydrogens is 560 g/mol. The van der Waals surface area contributed by atoms with Crippen LogP contribution >= 0.6 is 0 Å². The van der Waals surface area contributed by atoms with Gasteiger partial charge in [-0.2, -0.15) is 5.11 Å². The molecule has 232 valence electrons. The lowest BCUT2D eigenvalue weighted by atomic mass is 10.0. The van der Waals surface area contributed by atoms with E-state index in [1.54, 1.807) is 11.8 Å². The number of aliphatic hydroxyl groups is 1. The Bertz CT molecular complexity index is 1290. The van der Waals surface area contributed by atoms with Crippen LogP contribution in [-0.2, 0) is 11.3 Å². The van der Waals surface area contributed by atoms with E-state index >= 15 is 8.78 Å². The van der Waals surface area contributed by atoms with E-state index in [1.807, 2.05) is 10.6 Å². The number of hydrogen-bond donors (Lipinski definition) is 4. The Labute approximate surface area is 249 Å². The molecule has 3 aliphatic heterocycles. The van der Waals surface area contributed by atoms with E-state index in [2.05, 4.69) is 50.2 Å². The Balaban J connectivity index is 1.09. The molecule has 2 aromatic rings. The highest BCUT2D eigenvalue weighted by Gasteiger charge is 2.34. The summed E-state index contributed by atoms with van der Waals surface area (Å²) in [5.41, 5.74) is 10.3. The van der Waals surface area contributed by atoms with Crippen LogP contribution in [0.15, 0.2) is 52.8 Å². The van der Waals surface area contributed by atoms with Gasteiger partial charge in [0, 0.05) is 51.4 Å². The molecule has 3 heterocycles. The SMILES string of the molecule is CC(O)NC[C@H]1CN(c2cc(F)c(N3CCC(N=NNC(N)=[N+]4CCN(Cc5ccccc5)CC4)CC3)c(F)c2)C(=O)O1. The number of hydrogen-bond acceptors (Lipinski definition) is 8. The van der Waals surface area contributed by atoms with Gasteiger partial charge >= 0.3 is 12.1 Å². The average molecular weight is 601 g/mol. The predicted molar refractivity (Wildman–Crippen MR) is 158 cm³/mol. The Morgan fingerprint density at radius 3 is 2.47 bits per heavy atom. The van der Waals surface area contributed by atoms with Gasteiger partial charge in [-0.25, -0.2) is 13.6 Å². The van der Waals surface area contributed by atoms with E-state index < -0.39 is 30.1 Å². The van der Waals surface area contributed by atoms with Crippen LogP contribution in [0.2, 0.25) is 0 Å². The third kappa shape index (κ3) is 7.94. The summed E-state index contributed by atoms with van der Waals surface area (Å²) in [5.74, 6) is -1.04. The molecule has 5 N–H and O–H groups in total. The molecule has 0 bridgehead atoms. The number of carbonyl (C=O) groups excluding carboxylic acids is 1. The zero-order valence-electron chi connectivity index (χ0n) is 24.3. The molecule has 3 fully saturated rings. The summed E-state index contributed by atoms with van der Waals surface area (Å²) < 4.78 is 37.6. The van der Waals surface area contributed by atoms with E-state index in [0.717, 1.165) is 44.9 Å². The number of anilines is 2. The molecule has 43 heavy (non-hydrogen) atoms. The number of cyclic esters (lactones) is 1. The number of nitrogens with zero attached hydrogens (tertiary/aromatic N) is 6. The van der Waals surface area contributed by atoms with Crippen molar-refractivity contribution >= 4 is 23.4 Å². The minimum absolute atomic E-state index is 0.0875. The highest BCUT2D eigenvalue weighted by Crippen LogP contribution is 2.32. The molecule has 3 aliphatic rings. The molecule has 2 atom stereocenters. The predicted octanol–water partition coefficient (Wildman–Crippen LogP) is 1.99. The van der Waals surface area contributed by atoms with Crippen molar-refractivity contribution < 1.29 is 28.0 Å². The summed E-state index contributed by atoms with van der Waals surface area (Å²) in [6.45, 7) is 6.97. The Kier molecular flexibility index (Phi) is 10.00. The fraction of sp³-hybridized carbons (Fsp3) is 0.517. The molecule has 1 amide bonds. The van der Waals surface area contributed by atoms with E-state index in [4.69, 9.17) is 10.5 Å². The van der Waals surface area contributed by atoms with Crippen molar-refractivity contribution in [2.45, 2.75) is 44.7 Å². The molecule has 0 saturated carbocycles. The van der Waals surface area contributed by atoms with E-state index in [9.17, 15) is 9.90 Å². The summed E-state index contributed by atoms with van der Waals surface area (Å²) in [6, 6.07) is 12.6. The Morgan fingerprint density at radius 2 is 1.81 bits per heavy atom. The normalized spacial score (nSPS) is 21.0.